The van der Waals surface area contributed by atoms with Crippen molar-refractivity contribution in [2.75, 3.05) is 16.8 Å². The molecule has 11 heteroatoms. The molecule has 5 N–H and O–H groups in total. The van der Waals surface area contributed by atoms with E-state index < -0.39 is 6.29 Å². The Hall–Kier alpha value is -5.04. The number of aliphatic hydroxyl groups excluding tert-OH is 1. The number of fused-ring (bicyclic) bond motifs is 1. The van der Waals surface area contributed by atoms with E-state index in [4.69, 9.17) is 20.2 Å². The van der Waals surface area contributed by atoms with Gasteiger partial charge in [0.15, 0.2) is 10.6 Å². The van der Waals surface area contributed by atoms with Gasteiger partial charge < -0.3 is 30.9 Å². The Morgan fingerprint density at radius 2 is 1.49 bits per heavy atom. The van der Waals surface area contributed by atoms with Crippen molar-refractivity contribution >= 4 is 56.5 Å². The molecule has 2 amide bonds. The van der Waals surface area contributed by atoms with Crippen LogP contribution in [-0.4, -0.2) is 33.8 Å². The van der Waals surface area contributed by atoms with Gasteiger partial charge in [-0.2, -0.15) is 0 Å². The predicted octanol–water partition coefficient (Wildman–Crippen LogP) is 9.97. The maximum Gasteiger partial charge on any atom is 0.224 e. The van der Waals surface area contributed by atoms with Crippen molar-refractivity contribution in [1.29, 1.82) is 0 Å². The summed E-state index contributed by atoms with van der Waals surface area (Å²) in [5.74, 6) is 0.706. The van der Waals surface area contributed by atoms with Gasteiger partial charge in [-0.3, -0.25) is 9.59 Å². The number of carbonyl (C=O) groups is 2. The Balaban J connectivity index is 0.921. The van der Waals surface area contributed by atoms with Crippen molar-refractivity contribution in [3.63, 3.8) is 0 Å². The number of benzene rings is 5. The predicted molar refractivity (Wildman–Crippen MR) is 230 cm³/mol. The van der Waals surface area contributed by atoms with Crippen molar-refractivity contribution < 1.29 is 24.2 Å². The zero-order valence-corrected chi connectivity index (χ0v) is 33.4. The molecule has 0 radical (unpaired) electrons. The second kappa shape index (κ2) is 19.9. The van der Waals surface area contributed by atoms with Crippen molar-refractivity contribution in [2.24, 2.45) is 0 Å². The van der Waals surface area contributed by atoms with Crippen LogP contribution in [0.15, 0.2) is 126 Å². The van der Waals surface area contributed by atoms with Crippen LogP contribution in [0, 0.1) is 0 Å². The molecular weight excluding hydrogens is 753 g/mol. The molecule has 0 saturated carbocycles. The first-order valence-electron chi connectivity index (χ1n) is 19.5. The van der Waals surface area contributed by atoms with Gasteiger partial charge in [-0.25, -0.2) is 4.98 Å². The van der Waals surface area contributed by atoms with Crippen molar-refractivity contribution in [2.45, 2.75) is 80.9 Å². The van der Waals surface area contributed by atoms with Gasteiger partial charge in [-0.15, -0.1) is 11.3 Å². The topological polar surface area (TPSA) is 136 Å². The number of amides is 2. The Morgan fingerprint density at radius 1 is 0.789 bits per heavy atom. The largest absolute Gasteiger partial charge is 0.397 e. The van der Waals surface area contributed by atoms with E-state index in [2.05, 4.69) is 47.0 Å². The van der Waals surface area contributed by atoms with Gasteiger partial charge in [-0.05, 0) is 64.9 Å². The van der Waals surface area contributed by atoms with Crippen LogP contribution in [0.2, 0.25) is 0 Å². The van der Waals surface area contributed by atoms with Gasteiger partial charge in [-0.1, -0.05) is 122 Å². The van der Waals surface area contributed by atoms with Crippen LogP contribution in [0.4, 0.5) is 11.4 Å². The van der Waals surface area contributed by atoms with Gasteiger partial charge in [0, 0.05) is 37.1 Å². The monoisotopic (exact) mass is 800 g/mol. The van der Waals surface area contributed by atoms with Crippen LogP contribution >= 0.6 is 23.1 Å². The van der Waals surface area contributed by atoms with Crippen molar-refractivity contribution in [3.05, 3.63) is 144 Å². The molecule has 1 aliphatic rings. The molecule has 1 aliphatic heterocycles. The van der Waals surface area contributed by atoms with Crippen molar-refractivity contribution in [3.8, 4) is 11.1 Å². The smallest absolute Gasteiger partial charge is 0.224 e. The van der Waals surface area contributed by atoms with Crippen LogP contribution in [0.25, 0.3) is 21.3 Å². The molecular formula is C46H48N4O5S2. The maximum atomic E-state index is 12.8. The van der Waals surface area contributed by atoms with E-state index >= 15 is 0 Å². The fourth-order valence-corrected chi connectivity index (χ4v) is 9.02. The fourth-order valence-electron chi connectivity index (χ4n) is 6.91. The Bertz CT molecular complexity index is 2210. The number of unbranched alkanes of at least 4 members (excludes halogenated alkanes) is 3. The number of aromatic nitrogens is 1. The van der Waals surface area contributed by atoms with E-state index in [1.807, 2.05) is 72.8 Å². The number of rotatable bonds is 17. The van der Waals surface area contributed by atoms with Gasteiger partial charge in [0.25, 0.3) is 0 Å². The quantitative estimate of drug-likeness (QED) is 0.0407. The normalized spacial score (nSPS) is 16.7. The molecule has 57 heavy (non-hydrogen) atoms. The summed E-state index contributed by atoms with van der Waals surface area (Å²) >= 11 is 3.42. The molecule has 2 heterocycles. The maximum absolute atomic E-state index is 12.8. The zero-order valence-electron chi connectivity index (χ0n) is 31.8. The number of thiazole rings is 1. The van der Waals surface area contributed by atoms with E-state index in [1.54, 1.807) is 35.2 Å². The van der Waals surface area contributed by atoms with Crippen LogP contribution in [0.3, 0.4) is 0 Å². The fraction of sp³-hybridized carbons (Fsp3) is 0.283. The minimum Gasteiger partial charge on any atom is -0.397 e. The lowest BCUT2D eigenvalue weighted by Gasteiger charge is -2.36. The molecule has 1 saturated heterocycles. The van der Waals surface area contributed by atoms with E-state index in [-0.39, 0.29) is 30.6 Å². The third-order valence-electron chi connectivity index (χ3n) is 10.1. The molecule has 1 fully saturated rings. The highest BCUT2D eigenvalue weighted by molar-refractivity contribution is 8.01. The molecule has 294 valence electrons. The van der Waals surface area contributed by atoms with Crippen LogP contribution in [-0.2, 0) is 32.2 Å². The lowest BCUT2D eigenvalue weighted by Crippen LogP contribution is -2.31. The minimum atomic E-state index is -0.559. The number of hydrogen-bond donors (Lipinski definition) is 4. The lowest BCUT2D eigenvalue weighted by atomic mass is 9.97. The third kappa shape index (κ3) is 11.1. The summed E-state index contributed by atoms with van der Waals surface area (Å²) < 4.78 is 15.4. The van der Waals surface area contributed by atoms with E-state index in [0.717, 1.165) is 74.7 Å². The summed E-state index contributed by atoms with van der Waals surface area (Å²) in [7, 11) is 0. The molecule has 0 unspecified atom stereocenters. The van der Waals surface area contributed by atoms with E-state index in [0.29, 0.717) is 37.2 Å². The highest BCUT2D eigenvalue weighted by atomic mass is 32.2. The molecule has 6 aromatic rings. The number of anilines is 2. The first-order valence-corrected chi connectivity index (χ1v) is 21.3. The SMILES string of the molecule is Nc1ccccc1NC(=O)CCCCCCC(=O)NCc1ccccc1-c1ccc([C@H]2O[C@@H](CSc3nc4ccccc4s3)C[C@@H](c3ccc(CO)cc3)O2)cc1. The average molecular weight is 801 g/mol. The molecule has 9 nitrogen and oxygen atoms in total. The summed E-state index contributed by atoms with van der Waals surface area (Å²) in [6.07, 6.45) is 4.05. The van der Waals surface area contributed by atoms with Crippen LogP contribution in [0.1, 0.15) is 79.6 Å². The summed E-state index contributed by atoms with van der Waals surface area (Å²) in [5, 5.41) is 15.6. The van der Waals surface area contributed by atoms with Crippen LogP contribution < -0.4 is 16.4 Å². The molecule has 3 atom stereocenters. The standard InChI is InChI=1S/C46H48N4O5S2/c47-38-13-7-8-14-39(38)49-44(53)18-4-2-1-3-17-43(52)48-28-35-11-5-6-12-37(35)32-23-25-34(26-24-32)45-54-36(27-41(55-45)33-21-19-31(29-51)20-22-33)30-56-46-50-40-15-9-10-16-42(40)57-46/h5-16,19-26,36,41,45,51H,1-4,17-18,27-30,47H2,(H,48,52)(H,49,53)/t36-,41+,45+/m1/s1. The number of nitrogen functional groups attached to an aromatic ring is 1. The second-order valence-corrected chi connectivity index (χ2v) is 16.5. The third-order valence-corrected chi connectivity index (χ3v) is 12.4. The van der Waals surface area contributed by atoms with Gasteiger partial charge >= 0.3 is 0 Å². The molecule has 0 bridgehead atoms. The van der Waals surface area contributed by atoms with Gasteiger partial charge in [0.05, 0.1) is 40.4 Å². The molecule has 1 aromatic heterocycles. The zero-order chi connectivity index (χ0) is 39.4. The molecule has 7 rings (SSSR count). The Labute approximate surface area is 342 Å². The second-order valence-electron chi connectivity index (χ2n) is 14.2. The van der Waals surface area contributed by atoms with Gasteiger partial charge in [0.2, 0.25) is 11.8 Å². The first-order chi connectivity index (χ1) is 27.9. The number of hydrogen-bond acceptors (Lipinski definition) is 9. The minimum absolute atomic E-state index is 0.00221. The van der Waals surface area contributed by atoms with E-state index in [1.165, 1.54) is 4.70 Å². The number of para-hydroxylation sites is 3. The van der Waals surface area contributed by atoms with Gasteiger partial charge in [0.1, 0.15) is 0 Å². The number of nitrogens with two attached hydrogens (primary N) is 1. The highest BCUT2D eigenvalue weighted by Crippen LogP contribution is 2.41. The van der Waals surface area contributed by atoms with Crippen molar-refractivity contribution in [1.82, 2.24) is 10.3 Å². The number of carbonyl (C=O) groups excluding carboxylic acids is 2. The number of aliphatic hydroxyl groups is 1. The Morgan fingerprint density at radius 3 is 2.26 bits per heavy atom. The summed E-state index contributed by atoms with van der Waals surface area (Å²) in [4.78, 5) is 29.9. The number of nitrogens with zero attached hydrogens (tertiary/aromatic N) is 1. The molecule has 0 aliphatic carbocycles. The number of ether oxygens (including phenoxy) is 2. The number of nitrogens with one attached hydrogen (secondary N) is 2. The molecule has 5 aromatic carbocycles. The van der Waals surface area contributed by atoms with E-state index in [9.17, 15) is 14.7 Å². The summed E-state index contributed by atoms with van der Waals surface area (Å²) in [6, 6.07) is 39.8. The number of thioether (sulfide) groups is 1. The van der Waals surface area contributed by atoms with Crippen LogP contribution in [0.5, 0.6) is 0 Å². The lowest BCUT2D eigenvalue weighted by molar-refractivity contribution is -0.245. The Kier molecular flexibility index (Phi) is 14.0. The first kappa shape index (κ1) is 40.2. The average Bonchev–Trinajstić information content (AvgIpc) is 3.68. The highest BCUT2D eigenvalue weighted by Gasteiger charge is 2.32. The molecule has 0 spiro atoms. The summed E-state index contributed by atoms with van der Waals surface area (Å²) in [6.45, 7) is 0.428. The summed E-state index contributed by atoms with van der Waals surface area (Å²) in [5.41, 5.74) is 14.1.